The Balaban J connectivity index is 0.000000324. The van der Waals surface area contributed by atoms with Gasteiger partial charge in [-0.2, -0.15) is 0 Å². The maximum atomic E-state index is 10.1. The number of hydrogen-bond donors (Lipinski definition) is 0. The number of carboxylic acid groups (broad SMARTS) is 2. The van der Waals surface area contributed by atoms with Crippen LogP contribution in [0.4, 0.5) is 0 Å². The zero-order valence-corrected chi connectivity index (χ0v) is 12.4. The Kier molecular flexibility index (Phi) is 7.37. The molecule has 0 heterocycles. The standard InChI is InChI=1S/2C7H6O2.Ca/c2*1-5-3-2-4-6(5)7(8)9;/h2*2-4H,1H2,(H,8,9);/q;;+2/p-2. The van der Waals surface area contributed by atoms with Crippen molar-refractivity contribution in [3.8, 4) is 0 Å². The van der Waals surface area contributed by atoms with E-state index in [4.69, 9.17) is 0 Å². The average molecular weight is 282 g/mol. The molecule has 0 aromatic rings. The third-order valence-electron chi connectivity index (χ3n) is 2.25. The number of carboxylic acids is 2. The predicted molar refractivity (Wildman–Crippen MR) is 68.5 cm³/mol. The molecule has 0 unspecified atom stereocenters. The van der Waals surface area contributed by atoms with E-state index in [1.807, 2.05) is 0 Å². The molecule has 92 valence electrons. The van der Waals surface area contributed by atoms with E-state index >= 15 is 0 Å². The first-order valence-electron chi connectivity index (χ1n) is 5.01. The zero-order chi connectivity index (χ0) is 13.7. The second-order valence-electron chi connectivity index (χ2n) is 3.50. The van der Waals surface area contributed by atoms with Crippen LogP contribution in [0, 0.1) is 0 Å². The molecule has 0 atom stereocenters. The summed E-state index contributed by atoms with van der Waals surface area (Å²) >= 11 is 0. The maximum absolute atomic E-state index is 10.1. The third kappa shape index (κ3) is 5.03. The van der Waals surface area contributed by atoms with Crippen LogP contribution in [-0.2, 0) is 9.59 Å². The van der Waals surface area contributed by atoms with Gasteiger partial charge in [0.2, 0.25) is 0 Å². The second-order valence-corrected chi connectivity index (χ2v) is 3.50. The molecule has 4 nitrogen and oxygen atoms in total. The largest absolute Gasteiger partial charge is 2.00 e. The van der Waals surface area contributed by atoms with Crippen molar-refractivity contribution in [2.24, 2.45) is 0 Å². The summed E-state index contributed by atoms with van der Waals surface area (Å²) in [6.45, 7) is 6.96. The molecule has 2 aliphatic carbocycles. The minimum absolute atomic E-state index is 0. The van der Waals surface area contributed by atoms with Crippen LogP contribution in [0.15, 0.2) is 71.9 Å². The Morgan fingerprint density at radius 2 is 1.16 bits per heavy atom. The van der Waals surface area contributed by atoms with Crippen molar-refractivity contribution in [3.63, 3.8) is 0 Å². The molecule has 5 heteroatoms. The van der Waals surface area contributed by atoms with Crippen molar-refractivity contribution >= 4 is 49.7 Å². The SMILES string of the molecule is C=C1C=CC=C1C(=O)[O-].C=C1C=CC=C1C(=O)[O-].[Ca+2]. The fourth-order valence-electron chi connectivity index (χ4n) is 1.31. The van der Waals surface area contributed by atoms with Crippen LogP contribution in [0.2, 0.25) is 0 Å². The average Bonchev–Trinajstić information content (AvgIpc) is 2.87. The van der Waals surface area contributed by atoms with Gasteiger partial charge in [0.25, 0.3) is 0 Å². The number of hydrogen-bond acceptors (Lipinski definition) is 4. The van der Waals surface area contributed by atoms with Gasteiger partial charge in [-0.05, 0) is 11.1 Å². The van der Waals surface area contributed by atoms with Crippen LogP contribution >= 0.6 is 0 Å². The Labute approximate surface area is 140 Å². The molecule has 0 bridgehead atoms. The number of rotatable bonds is 2. The summed E-state index contributed by atoms with van der Waals surface area (Å²) in [6.07, 6.45) is 9.46. The van der Waals surface area contributed by atoms with Crippen LogP contribution in [-0.4, -0.2) is 49.7 Å². The van der Waals surface area contributed by atoms with E-state index in [-0.39, 0.29) is 48.9 Å². The maximum Gasteiger partial charge on any atom is 2.00 e. The molecule has 0 radical (unpaired) electrons. The van der Waals surface area contributed by atoms with Gasteiger partial charge >= 0.3 is 37.7 Å². The van der Waals surface area contributed by atoms with E-state index in [9.17, 15) is 19.8 Å². The summed E-state index contributed by atoms with van der Waals surface area (Å²) in [4.78, 5) is 20.3. The first kappa shape index (κ1) is 17.6. The molecule has 2 aliphatic rings. The normalized spacial score (nSPS) is 15.2. The fourth-order valence-corrected chi connectivity index (χ4v) is 1.31. The molecule has 0 N–H and O–H groups in total. The molecule has 0 aromatic carbocycles. The molecule has 19 heavy (non-hydrogen) atoms. The van der Waals surface area contributed by atoms with Gasteiger partial charge < -0.3 is 19.8 Å². The first-order valence-corrected chi connectivity index (χ1v) is 5.01. The summed E-state index contributed by atoms with van der Waals surface area (Å²) in [5, 5.41) is 20.3. The molecule has 0 amide bonds. The first-order chi connectivity index (χ1) is 8.43. The van der Waals surface area contributed by atoms with Crippen molar-refractivity contribution in [1.82, 2.24) is 0 Å². The molecule has 0 saturated heterocycles. The van der Waals surface area contributed by atoms with E-state index in [0.29, 0.717) is 11.1 Å². The van der Waals surface area contributed by atoms with Crippen LogP contribution in [0.1, 0.15) is 0 Å². The van der Waals surface area contributed by atoms with Crippen LogP contribution in [0.3, 0.4) is 0 Å². The van der Waals surface area contributed by atoms with Gasteiger partial charge in [-0.25, -0.2) is 0 Å². The number of carbonyl (C=O) groups excluding carboxylic acids is 2. The van der Waals surface area contributed by atoms with Crippen LogP contribution < -0.4 is 10.2 Å². The predicted octanol–water partition coefficient (Wildman–Crippen LogP) is -0.803. The molecule has 0 spiro atoms. The Hall–Kier alpha value is -1.36. The van der Waals surface area contributed by atoms with Crippen molar-refractivity contribution in [3.05, 3.63) is 71.9 Å². The summed E-state index contributed by atoms with van der Waals surface area (Å²) in [5.41, 5.74) is 1.37. The topological polar surface area (TPSA) is 80.3 Å². The van der Waals surface area contributed by atoms with Crippen molar-refractivity contribution in [2.75, 3.05) is 0 Å². The summed E-state index contributed by atoms with van der Waals surface area (Å²) in [6, 6.07) is 0. The van der Waals surface area contributed by atoms with Gasteiger partial charge in [0.1, 0.15) is 0 Å². The van der Waals surface area contributed by atoms with Crippen molar-refractivity contribution in [2.45, 2.75) is 0 Å². The van der Waals surface area contributed by atoms with Gasteiger partial charge in [0, 0.05) is 11.1 Å². The Morgan fingerprint density at radius 3 is 1.26 bits per heavy atom. The van der Waals surface area contributed by atoms with E-state index in [1.54, 1.807) is 24.3 Å². The van der Waals surface area contributed by atoms with Gasteiger partial charge in [-0.3, -0.25) is 0 Å². The summed E-state index contributed by atoms with van der Waals surface area (Å²) in [7, 11) is 0. The second kappa shape index (κ2) is 7.94. The van der Waals surface area contributed by atoms with E-state index in [2.05, 4.69) is 13.2 Å². The zero-order valence-electron chi connectivity index (χ0n) is 10.2. The molecule has 0 aromatic heterocycles. The minimum Gasteiger partial charge on any atom is -0.545 e. The Morgan fingerprint density at radius 1 is 0.842 bits per heavy atom. The van der Waals surface area contributed by atoms with Crippen LogP contribution in [0.5, 0.6) is 0 Å². The van der Waals surface area contributed by atoms with Crippen molar-refractivity contribution in [1.29, 1.82) is 0 Å². The smallest absolute Gasteiger partial charge is 0.545 e. The Bertz CT molecular complexity index is 498. The molecule has 0 aliphatic heterocycles. The summed E-state index contributed by atoms with van der Waals surface area (Å²) < 4.78 is 0. The fraction of sp³-hybridized carbons (Fsp3) is 0. The van der Waals surface area contributed by atoms with E-state index < -0.39 is 11.9 Å². The minimum atomic E-state index is -1.16. The number of aliphatic carboxylic acids is 2. The molecular weight excluding hydrogens is 272 g/mol. The monoisotopic (exact) mass is 282 g/mol. The van der Waals surface area contributed by atoms with Crippen molar-refractivity contribution < 1.29 is 19.8 Å². The number of allylic oxidation sites excluding steroid dienone is 6. The van der Waals surface area contributed by atoms with E-state index in [0.717, 1.165) is 0 Å². The summed E-state index contributed by atoms with van der Waals surface area (Å²) in [5.74, 6) is -2.32. The van der Waals surface area contributed by atoms with Gasteiger partial charge in [-0.1, -0.05) is 49.6 Å². The quantitative estimate of drug-likeness (QED) is 0.621. The molecule has 0 saturated carbocycles. The number of carbonyl (C=O) groups is 2. The molecule has 0 fully saturated rings. The van der Waals surface area contributed by atoms with E-state index in [1.165, 1.54) is 12.2 Å². The van der Waals surface area contributed by atoms with Gasteiger partial charge in [0.15, 0.2) is 0 Å². The van der Waals surface area contributed by atoms with Gasteiger partial charge in [-0.15, -0.1) is 0 Å². The third-order valence-corrected chi connectivity index (χ3v) is 2.25. The molecule has 2 rings (SSSR count). The van der Waals surface area contributed by atoms with Gasteiger partial charge in [0.05, 0.1) is 11.9 Å². The molecular formula is C14H10CaO4. The van der Waals surface area contributed by atoms with Crippen LogP contribution in [0.25, 0.3) is 0 Å².